The number of carbonyl (C=O) groups is 1. The largest absolute Gasteiger partial charge is 0.482 e. The summed E-state index contributed by atoms with van der Waals surface area (Å²) in [5.74, 6) is -0.614. The number of aryl methyl sites for hydroxylation is 1. The van der Waals surface area contributed by atoms with E-state index in [1.807, 2.05) is 31.2 Å². The lowest BCUT2D eigenvalue weighted by molar-refractivity contribution is -0.118. The van der Waals surface area contributed by atoms with Crippen LogP contribution in [0.3, 0.4) is 0 Å². The molecule has 7 heteroatoms. The number of anilines is 2. The zero-order chi connectivity index (χ0) is 20.8. The van der Waals surface area contributed by atoms with E-state index in [4.69, 9.17) is 27.9 Å². The molecule has 0 saturated carbocycles. The first kappa shape index (κ1) is 21.0. The van der Waals surface area contributed by atoms with Crippen LogP contribution in [0.4, 0.5) is 15.8 Å². The van der Waals surface area contributed by atoms with Crippen molar-refractivity contribution in [3.05, 3.63) is 87.7 Å². The normalized spacial score (nSPS) is 10.5. The van der Waals surface area contributed by atoms with Crippen LogP contribution in [0.2, 0.25) is 10.0 Å². The molecule has 4 nitrogen and oxygen atoms in total. The Balaban J connectivity index is 1.56. The molecule has 0 spiro atoms. The molecule has 3 aromatic carbocycles. The van der Waals surface area contributed by atoms with E-state index in [1.165, 1.54) is 12.1 Å². The van der Waals surface area contributed by atoms with E-state index in [9.17, 15) is 9.18 Å². The molecule has 29 heavy (non-hydrogen) atoms. The molecule has 0 aromatic heterocycles. The van der Waals surface area contributed by atoms with E-state index in [2.05, 4.69) is 10.6 Å². The highest BCUT2D eigenvalue weighted by Gasteiger charge is 2.09. The van der Waals surface area contributed by atoms with Gasteiger partial charge in [-0.1, -0.05) is 47.5 Å². The minimum Gasteiger partial charge on any atom is -0.482 e. The fourth-order valence-electron chi connectivity index (χ4n) is 2.65. The van der Waals surface area contributed by atoms with Crippen molar-refractivity contribution in [3.63, 3.8) is 0 Å². The van der Waals surface area contributed by atoms with Crippen LogP contribution in [-0.4, -0.2) is 12.5 Å². The molecule has 0 unspecified atom stereocenters. The van der Waals surface area contributed by atoms with E-state index in [0.717, 1.165) is 16.8 Å². The maximum atomic E-state index is 13.6. The number of hydrogen-bond acceptors (Lipinski definition) is 3. The number of benzene rings is 3. The molecule has 0 fully saturated rings. The lowest BCUT2D eigenvalue weighted by Crippen LogP contribution is -2.20. The molecule has 0 aliphatic rings. The molecular weight excluding hydrogens is 414 g/mol. The highest BCUT2D eigenvalue weighted by Crippen LogP contribution is 2.27. The second-order valence-corrected chi connectivity index (χ2v) is 7.24. The van der Waals surface area contributed by atoms with Crippen molar-refractivity contribution < 1.29 is 13.9 Å². The van der Waals surface area contributed by atoms with Crippen LogP contribution in [0, 0.1) is 12.7 Å². The fourth-order valence-corrected chi connectivity index (χ4v) is 3.08. The predicted molar refractivity (Wildman–Crippen MR) is 115 cm³/mol. The Morgan fingerprint density at radius 1 is 1.03 bits per heavy atom. The molecule has 0 aliphatic carbocycles. The van der Waals surface area contributed by atoms with Crippen molar-refractivity contribution in [2.75, 3.05) is 17.2 Å². The van der Waals surface area contributed by atoms with Crippen LogP contribution in [0.25, 0.3) is 0 Å². The van der Waals surface area contributed by atoms with E-state index in [0.29, 0.717) is 22.3 Å². The summed E-state index contributed by atoms with van der Waals surface area (Å²) >= 11 is 12.3. The molecule has 3 aromatic rings. The highest BCUT2D eigenvalue weighted by atomic mass is 35.5. The Labute approximate surface area is 178 Å². The first-order valence-electron chi connectivity index (χ1n) is 8.88. The molecule has 0 atom stereocenters. The first-order valence-corrected chi connectivity index (χ1v) is 9.63. The van der Waals surface area contributed by atoms with E-state index < -0.39 is 11.7 Å². The Morgan fingerprint density at radius 3 is 2.59 bits per heavy atom. The summed E-state index contributed by atoms with van der Waals surface area (Å²) in [6.45, 7) is 2.26. The van der Waals surface area contributed by atoms with Gasteiger partial charge in [0, 0.05) is 17.3 Å². The van der Waals surface area contributed by atoms with Gasteiger partial charge >= 0.3 is 0 Å². The maximum absolute atomic E-state index is 13.6. The lowest BCUT2D eigenvalue weighted by atomic mass is 10.1. The lowest BCUT2D eigenvalue weighted by Gasteiger charge is -2.12. The Bertz CT molecular complexity index is 1030. The summed E-state index contributed by atoms with van der Waals surface area (Å²) in [5, 5.41) is 6.81. The van der Waals surface area contributed by atoms with Gasteiger partial charge in [-0.25, -0.2) is 4.39 Å². The third kappa shape index (κ3) is 5.86. The number of halogens is 3. The first-order chi connectivity index (χ1) is 13.9. The van der Waals surface area contributed by atoms with E-state index in [-0.39, 0.29) is 12.3 Å². The second kappa shape index (κ2) is 9.63. The average molecular weight is 433 g/mol. The minimum absolute atomic E-state index is 0.102. The van der Waals surface area contributed by atoms with Crippen LogP contribution in [0.5, 0.6) is 5.75 Å². The van der Waals surface area contributed by atoms with Gasteiger partial charge in [-0.2, -0.15) is 0 Å². The van der Waals surface area contributed by atoms with Gasteiger partial charge < -0.3 is 15.4 Å². The SMILES string of the molecule is Cc1ccc(Cl)cc1NCc1ccc(OCC(=O)Nc2ccccc2F)c(Cl)c1. The molecule has 1 amide bonds. The zero-order valence-electron chi connectivity index (χ0n) is 15.6. The number of para-hydroxylation sites is 1. The van der Waals surface area contributed by atoms with E-state index in [1.54, 1.807) is 24.3 Å². The van der Waals surface area contributed by atoms with Gasteiger partial charge in [0.15, 0.2) is 6.61 Å². The monoisotopic (exact) mass is 432 g/mol. The molecule has 0 saturated heterocycles. The number of carbonyl (C=O) groups excluding carboxylic acids is 1. The Morgan fingerprint density at radius 2 is 1.83 bits per heavy atom. The van der Waals surface area contributed by atoms with Crippen molar-refractivity contribution in [2.45, 2.75) is 13.5 Å². The summed E-state index contributed by atoms with van der Waals surface area (Å²) < 4.78 is 19.0. The summed E-state index contributed by atoms with van der Waals surface area (Å²) in [4.78, 5) is 12.0. The van der Waals surface area contributed by atoms with Crippen molar-refractivity contribution in [3.8, 4) is 5.75 Å². The maximum Gasteiger partial charge on any atom is 0.262 e. The van der Waals surface area contributed by atoms with Crippen LogP contribution < -0.4 is 15.4 Å². The standard InChI is InChI=1S/C22H19Cl2FN2O2/c1-14-6-8-16(23)11-20(14)26-12-15-7-9-21(17(24)10-15)29-13-22(28)27-19-5-3-2-4-18(19)25/h2-11,26H,12-13H2,1H3,(H,27,28). The third-order valence-electron chi connectivity index (χ3n) is 4.19. The molecule has 3 rings (SSSR count). The highest BCUT2D eigenvalue weighted by molar-refractivity contribution is 6.32. The summed E-state index contributed by atoms with van der Waals surface area (Å²) in [6, 6.07) is 16.9. The Kier molecular flexibility index (Phi) is 6.96. The fraction of sp³-hybridized carbons (Fsp3) is 0.136. The molecule has 0 radical (unpaired) electrons. The van der Waals surface area contributed by atoms with Crippen LogP contribution in [0.15, 0.2) is 60.7 Å². The summed E-state index contributed by atoms with van der Waals surface area (Å²) in [7, 11) is 0. The zero-order valence-corrected chi connectivity index (χ0v) is 17.1. The van der Waals surface area contributed by atoms with Gasteiger partial charge in [0.25, 0.3) is 5.91 Å². The Hall–Kier alpha value is -2.76. The molecule has 0 bridgehead atoms. The van der Waals surface area contributed by atoms with Gasteiger partial charge in [-0.3, -0.25) is 4.79 Å². The van der Waals surface area contributed by atoms with Crippen molar-refractivity contribution in [1.82, 2.24) is 0 Å². The third-order valence-corrected chi connectivity index (χ3v) is 4.72. The molecule has 0 heterocycles. The van der Waals surface area contributed by atoms with Crippen molar-refractivity contribution >= 4 is 40.5 Å². The number of rotatable bonds is 7. The summed E-state index contributed by atoms with van der Waals surface area (Å²) in [6.07, 6.45) is 0. The average Bonchev–Trinajstić information content (AvgIpc) is 2.69. The van der Waals surface area contributed by atoms with Crippen molar-refractivity contribution in [2.24, 2.45) is 0 Å². The minimum atomic E-state index is -0.509. The van der Waals surface area contributed by atoms with Crippen LogP contribution in [-0.2, 0) is 11.3 Å². The quantitative estimate of drug-likeness (QED) is 0.476. The van der Waals surface area contributed by atoms with Gasteiger partial charge in [-0.05, 0) is 54.4 Å². The molecule has 0 aliphatic heterocycles. The molecule has 2 N–H and O–H groups in total. The molecular formula is C22H19Cl2FN2O2. The van der Waals surface area contributed by atoms with Gasteiger partial charge in [-0.15, -0.1) is 0 Å². The topological polar surface area (TPSA) is 50.4 Å². The van der Waals surface area contributed by atoms with Gasteiger partial charge in [0.2, 0.25) is 0 Å². The number of hydrogen-bond donors (Lipinski definition) is 2. The van der Waals surface area contributed by atoms with E-state index >= 15 is 0 Å². The van der Waals surface area contributed by atoms with Gasteiger partial charge in [0.05, 0.1) is 10.7 Å². The number of ether oxygens (including phenoxy) is 1. The number of amides is 1. The predicted octanol–water partition coefficient (Wildman–Crippen LogP) is 6.07. The van der Waals surface area contributed by atoms with Crippen molar-refractivity contribution in [1.29, 1.82) is 0 Å². The summed E-state index contributed by atoms with van der Waals surface area (Å²) in [5.41, 5.74) is 3.07. The molecule has 150 valence electrons. The van der Waals surface area contributed by atoms with Crippen LogP contribution in [0.1, 0.15) is 11.1 Å². The smallest absolute Gasteiger partial charge is 0.262 e. The number of nitrogens with one attached hydrogen (secondary N) is 2. The van der Waals surface area contributed by atoms with Crippen LogP contribution >= 0.6 is 23.2 Å². The second-order valence-electron chi connectivity index (χ2n) is 6.39. The van der Waals surface area contributed by atoms with Gasteiger partial charge in [0.1, 0.15) is 11.6 Å².